The largest absolute Gasteiger partial charge is 0.288 e. The molecule has 0 aliphatic heterocycles. The SMILES string of the molecule is O=[N+]([O-])c1cc(C(CC[C@H](CS(=O)(=O)O)c2cc([N+](=O)[O-])c(Cl)cc2F)CS(=O)(=O)O)ccc1Cl. The number of hydrogen-bond acceptors (Lipinski definition) is 8. The van der Waals surface area contributed by atoms with Crippen molar-refractivity contribution in [2.45, 2.75) is 24.7 Å². The van der Waals surface area contributed by atoms with Crippen LogP contribution in [0.15, 0.2) is 30.3 Å². The monoisotopic (exact) mass is 574 g/mol. The van der Waals surface area contributed by atoms with Crippen LogP contribution in [0.1, 0.15) is 35.8 Å². The number of nitrogens with zero attached hydrogens (tertiary/aromatic N) is 2. The van der Waals surface area contributed by atoms with Crippen LogP contribution in [0.4, 0.5) is 15.8 Å². The maximum Gasteiger partial charge on any atom is 0.288 e. The quantitative estimate of drug-likeness (QED) is 0.221. The standard InChI is InChI=1S/C18H17Cl2FN2O10S2/c19-14-4-3-10(5-17(14)22(24)25)11(8-34(28,29)30)1-2-12(9-35(31,32)33)13-6-18(23(26)27)15(20)7-16(13)21/h3-7,11-12H,1-2,8-9H2,(H,28,29,30)(H,31,32,33)/t11?,12-/m1/s1. The van der Waals surface area contributed by atoms with Crippen molar-refractivity contribution < 1.29 is 40.2 Å². The Balaban J connectivity index is 2.52. The first-order valence-electron chi connectivity index (χ1n) is 9.46. The summed E-state index contributed by atoms with van der Waals surface area (Å²) >= 11 is 11.4. The van der Waals surface area contributed by atoms with Gasteiger partial charge in [-0.2, -0.15) is 16.8 Å². The lowest BCUT2D eigenvalue weighted by Crippen LogP contribution is -2.19. The summed E-state index contributed by atoms with van der Waals surface area (Å²) in [5.41, 5.74) is -1.72. The molecule has 0 radical (unpaired) electrons. The number of nitro benzene ring substituents is 2. The van der Waals surface area contributed by atoms with Gasteiger partial charge in [0, 0.05) is 24.0 Å². The molecule has 0 spiro atoms. The summed E-state index contributed by atoms with van der Waals surface area (Å²) in [7, 11) is -9.39. The number of rotatable bonds is 11. The third-order valence-corrected chi connectivity index (χ3v) is 7.30. The van der Waals surface area contributed by atoms with Gasteiger partial charge in [0.25, 0.3) is 31.6 Å². The summed E-state index contributed by atoms with van der Waals surface area (Å²) in [5, 5.41) is 21.6. The molecule has 12 nitrogen and oxygen atoms in total. The molecule has 0 heterocycles. The smallest absolute Gasteiger partial charge is 0.286 e. The van der Waals surface area contributed by atoms with Gasteiger partial charge in [0.05, 0.1) is 21.4 Å². The first-order valence-corrected chi connectivity index (χ1v) is 13.4. The van der Waals surface area contributed by atoms with E-state index in [0.717, 1.165) is 12.1 Å². The van der Waals surface area contributed by atoms with Gasteiger partial charge >= 0.3 is 0 Å². The summed E-state index contributed by atoms with van der Waals surface area (Å²) in [4.78, 5) is 20.6. The molecule has 0 aliphatic rings. The number of hydrogen-bond donors (Lipinski definition) is 2. The Kier molecular flexibility index (Phi) is 9.13. The van der Waals surface area contributed by atoms with E-state index in [1.165, 1.54) is 6.07 Å². The fourth-order valence-electron chi connectivity index (χ4n) is 3.52. The van der Waals surface area contributed by atoms with E-state index in [-0.39, 0.29) is 23.4 Å². The lowest BCUT2D eigenvalue weighted by Gasteiger charge is -2.21. The molecule has 1 unspecified atom stereocenters. The predicted octanol–water partition coefficient (Wildman–Crippen LogP) is 4.37. The molecule has 0 amide bonds. The van der Waals surface area contributed by atoms with E-state index in [0.29, 0.717) is 12.1 Å². The first-order chi connectivity index (χ1) is 16.0. The number of benzene rings is 2. The Hall–Kier alpha value is -2.43. The highest BCUT2D eigenvalue weighted by molar-refractivity contribution is 7.86. The first kappa shape index (κ1) is 28.8. The molecule has 0 bridgehead atoms. The van der Waals surface area contributed by atoms with Crippen molar-refractivity contribution in [3.63, 3.8) is 0 Å². The van der Waals surface area contributed by atoms with Crippen molar-refractivity contribution in [1.82, 2.24) is 0 Å². The van der Waals surface area contributed by atoms with Gasteiger partial charge in [-0.05, 0) is 36.1 Å². The molecular weight excluding hydrogens is 558 g/mol. The Morgan fingerprint density at radius 3 is 1.83 bits per heavy atom. The van der Waals surface area contributed by atoms with Crippen molar-refractivity contribution in [2.75, 3.05) is 11.5 Å². The highest BCUT2D eigenvalue weighted by atomic mass is 35.5. The zero-order valence-electron chi connectivity index (χ0n) is 17.4. The summed E-state index contributed by atoms with van der Waals surface area (Å²) in [5.74, 6) is -5.69. The topological polar surface area (TPSA) is 195 Å². The van der Waals surface area contributed by atoms with Crippen molar-refractivity contribution in [1.29, 1.82) is 0 Å². The Morgan fingerprint density at radius 2 is 1.31 bits per heavy atom. The minimum Gasteiger partial charge on any atom is -0.286 e. The lowest BCUT2D eigenvalue weighted by molar-refractivity contribution is -0.384. The summed E-state index contributed by atoms with van der Waals surface area (Å²) < 4.78 is 79.6. The minimum absolute atomic E-state index is 0.0480. The van der Waals surface area contributed by atoms with Crippen LogP contribution in [0.2, 0.25) is 10.0 Å². The summed E-state index contributed by atoms with van der Waals surface area (Å²) in [6.07, 6.45) is -0.666. The van der Waals surface area contributed by atoms with Crippen molar-refractivity contribution in [3.05, 3.63) is 77.5 Å². The second-order valence-corrected chi connectivity index (χ2v) is 11.3. The Labute approximate surface area is 208 Å². The fourth-order valence-corrected chi connectivity index (χ4v) is 5.64. The van der Waals surface area contributed by atoms with Crippen LogP contribution in [-0.2, 0) is 20.2 Å². The zero-order valence-corrected chi connectivity index (χ0v) is 20.5. The molecule has 0 saturated heterocycles. The van der Waals surface area contributed by atoms with Gasteiger partial charge in [-0.25, -0.2) is 4.39 Å². The van der Waals surface area contributed by atoms with Crippen LogP contribution in [0.3, 0.4) is 0 Å². The van der Waals surface area contributed by atoms with E-state index in [4.69, 9.17) is 23.2 Å². The van der Waals surface area contributed by atoms with Crippen LogP contribution in [0.25, 0.3) is 0 Å². The number of halogens is 3. The molecule has 0 fully saturated rings. The van der Waals surface area contributed by atoms with E-state index in [9.17, 15) is 50.6 Å². The molecule has 35 heavy (non-hydrogen) atoms. The average Bonchev–Trinajstić information content (AvgIpc) is 2.68. The molecule has 2 N–H and O–H groups in total. The highest BCUT2D eigenvalue weighted by Gasteiger charge is 2.29. The maximum absolute atomic E-state index is 14.6. The second-order valence-electron chi connectivity index (χ2n) is 7.52. The van der Waals surface area contributed by atoms with E-state index >= 15 is 0 Å². The molecule has 2 rings (SSSR count). The normalized spacial score (nSPS) is 13.9. The van der Waals surface area contributed by atoms with Gasteiger partial charge in [0.2, 0.25) is 0 Å². The lowest BCUT2D eigenvalue weighted by atomic mass is 9.88. The molecule has 0 aliphatic carbocycles. The Bertz CT molecular complexity index is 1370. The van der Waals surface area contributed by atoms with Gasteiger partial charge in [0.1, 0.15) is 15.9 Å². The van der Waals surface area contributed by atoms with Gasteiger partial charge in [-0.1, -0.05) is 29.3 Å². The van der Waals surface area contributed by atoms with Crippen LogP contribution in [-0.4, -0.2) is 47.3 Å². The van der Waals surface area contributed by atoms with Crippen molar-refractivity contribution >= 4 is 54.8 Å². The van der Waals surface area contributed by atoms with Crippen LogP contribution < -0.4 is 0 Å². The molecule has 17 heteroatoms. The predicted molar refractivity (Wildman–Crippen MR) is 124 cm³/mol. The third-order valence-electron chi connectivity index (χ3n) is 5.03. The molecule has 0 saturated carbocycles. The number of nitro groups is 2. The van der Waals surface area contributed by atoms with Gasteiger partial charge in [0.15, 0.2) is 0 Å². The van der Waals surface area contributed by atoms with E-state index in [1.807, 2.05) is 0 Å². The van der Waals surface area contributed by atoms with Crippen molar-refractivity contribution in [3.8, 4) is 0 Å². The molecule has 2 aromatic rings. The van der Waals surface area contributed by atoms with Crippen LogP contribution >= 0.6 is 23.2 Å². The zero-order chi connectivity index (χ0) is 26.7. The van der Waals surface area contributed by atoms with E-state index in [1.54, 1.807) is 0 Å². The van der Waals surface area contributed by atoms with Gasteiger partial charge in [-0.3, -0.25) is 29.3 Å². The minimum atomic E-state index is -4.75. The fraction of sp³-hybridized carbons (Fsp3) is 0.333. The summed E-state index contributed by atoms with van der Waals surface area (Å²) in [6, 6.07) is 4.67. The molecule has 192 valence electrons. The third kappa shape index (κ3) is 8.33. The van der Waals surface area contributed by atoms with E-state index < -0.39 is 81.2 Å². The molecule has 0 aromatic heterocycles. The molecular formula is C18H17Cl2FN2O10S2. The summed E-state index contributed by atoms with van der Waals surface area (Å²) in [6.45, 7) is 0. The second kappa shape index (κ2) is 11.1. The van der Waals surface area contributed by atoms with Gasteiger partial charge < -0.3 is 0 Å². The van der Waals surface area contributed by atoms with E-state index in [2.05, 4.69) is 0 Å². The molecule has 2 aromatic carbocycles. The van der Waals surface area contributed by atoms with Crippen LogP contribution in [0.5, 0.6) is 0 Å². The Morgan fingerprint density at radius 1 is 0.829 bits per heavy atom. The van der Waals surface area contributed by atoms with Crippen LogP contribution in [0, 0.1) is 26.0 Å². The molecule has 2 atom stereocenters. The average molecular weight is 575 g/mol. The maximum atomic E-state index is 14.6. The van der Waals surface area contributed by atoms with Gasteiger partial charge in [-0.15, -0.1) is 0 Å². The highest BCUT2D eigenvalue weighted by Crippen LogP contribution is 2.37. The van der Waals surface area contributed by atoms with Crippen molar-refractivity contribution in [2.24, 2.45) is 0 Å².